The summed E-state index contributed by atoms with van der Waals surface area (Å²) in [6.45, 7) is -0.113. The summed E-state index contributed by atoms with van der Waals surface area (Å²) >= 11 is 0. The third-order valence-electron chi connectivity index (χ3n) is 6.97. The number of methoxy groups -OCH3 is 1. The summed E-state index contributed by atoms with van der Waals surface area (Å²) in [7, 11) is 1.76. The van der Waals surface area contributed by atoms with Gasteiger partial charge in [0.25, 0.3) is 0 Å². The molecule has 2 heterocycles. The van der Waals surface area contributed by atoms with Crippen molar-refractivity contribution < 1.29 is 18.3 Å². The minimum absolute atomic E-state index is 0.118. The van der Waals surface area contributed by atoms with Crippen LogP contribution >= 0.6 is 0 Å². The van der Waals surface area contributed by atoms with E-state index in [1.807, 2.05) is 6.08 Å². The van der Waals surface area contributed by atoms with E-state index in [2.05, 4.69) is 26.0 Å². The molecule has 4 N–H and O–H groups in total. The molecule has 9 heteroatoms. The van der Waals surface area contributed by atoms with E-state index in [9.17, 15) is 8.78 Å². The van der Waals surface area contributed by atoms with E-state index < -0.39 is 6.61 Å². The predicted molar refractivity (Wildman–Crippen MR) is 117 cm³/mol. The molecule has 0 spiro atoms. The molecule has 5 rings (SSSR count). The number of ether oxygens (including phenoxy) is 2. The highest BCUT2D eigenvalue weighted by atomic mass is 19.3. The van der Waals surface area contributed by atoms with Gasteiger partial charge in [-0.05, 0) is 43.2 Å². The normalized spacial score (nSPS) is 27.7. The number of hydrogen-bond donors (Lipinski definition) is 3. The van der Waals surface area contributed by atoms with E-state index in [1.165, 1.54) is 30.7 Å². The Labute approximate surface area is 186 Å². The quantitative estimate of drug-likeness (QED) is 0.379. The standard InChI is InChI=1S/C23H29F2N5O2/c1-31-15-10-30(11-15)14-5-16-17(6-14)21(16)19(28-8-12-2-3-12)7-18(26)13-4-20(32-23(24)25)22(27)29-9-13/h4-5,7,9,12,14-15,17,21,23,26,28H,2-3,6,8,10-11H2,1H3,(H2,27,29)/b19-7-,26-18?/t14-,17-,21-/m1/s1. The summed E-state index contributed by atoms with van der Waals surface area (Å²) < 4.78 is 35.1. The van der Waals surface area contributed by atoms with Crippen LogP contribution in [0.4, 0.5) is 14.6 Å². The Hall–Kier alpha value is -2.52. The van der Waals surface area contributed by atoms with Gasteiger partial charge in [0.2, 0.25) is 0 Å². The average molecular weight is 446 g/mol. The summed E-state index contributed by atoms with van der Waals surface area (Å²) in [5.74, 6) is 1.19. The van der Waals surface area contributed by atoms with E-state index in [-0.39, 0.29) is 17.3 Å². The molecule has 1 aromatic rings. The van der Waals surface area contributed by atoms with E-state index in [0.717, 1.165) is 31.8 Å². The Morgan fingerprint density at radius 3 is 2.81 bits per heavy atom. The van der Waals surface area contributed by atoms with Crippen LogP contribution in [0.5, 0.6) is 5.75 Å². The van der Waals surface area contributed by atoms with Crippen LogP contribution < -0.4 is 15.8 Å². The van der Waals surface area contributed by atoms with Crippen LogP contribution in [0.15, 0.2) is 35.7 Å². The van der Waals surface area contributed by atoms with Gasteiger partial charge in [0, 0.05) is 56.2 Å². The first-order chi connectivity index (χ1) is 15.4. The SMILES string of the molecule is COC1CN([C@@H]2C=C3[C@@H](C2)[C@@H]3/C(=C/C(=N)c2cnc(N)c(OC(F)F)c2)NCC2CC2)C1. The molecule has 0 amide bonds. The lowest BCUT2D eigenvalue weighted by Gasteiger charge is -2.42. The highest BCUT2D eigenvalue weighted by Gasteiger charge is 2.53. The molecule has 172 valence electrons. The summed E-state index contributed by atoms with van der Waals surface area (Å²) in [5.41, 5.74) is 8.69. The van der Waals surface area contributed by atoms with Crippen molar-refractivity contribution in [1.82, 2.24) is 15.2 Å². The third-order valence-corrected chi connectivity index (χ3v) is 6.97. The monoisotopic (exact) mass is 445 g/mol. The molecule has 3 aliphatic carbocycles. The molecule has 3 atom stereocenters. The first-order valence-electron chi connectivity index (χ1n) is 11.2. The van der Waals surface area contributed by atoms with Crippen LogP contribution in [-0.4, -0.2) is 61.1 Å². The maximum atomic E-state index is 12.6. The van der Waals surface area contributed by atoms with Gasteiger partial charge in [-0.2, -0.15) is 8.78 Å². The van der Waals surface area contributed by atoms with Gasteiger partial charge in [-0.25, -0.2) is 4.98 Å². The fourth-order valence-corrected chi connectivity index (χ4v) is 4.80. The van der Waals surface area contributed by atoms with E-state index in [4.69, 9.17) is 15.9 Å². The molecule has 0 bridgehead atoms. The van der Waals surface area contributed by atoms with Crippen molar-refractivity contribution in [3.63, 3.8) is 0 Å². The lowest BCUT2D eigenvalue weighted by molar-refractivity contribution is -0.0495. The van der Waals surface area contributed by atoms with Gasteiger partial charge in [0.15, 0.2) is 11.6 Å². The number of likely N-dealkylation sites (tertiary alicyclic amines) is 1. The number of allylic oxidation sites excluding steroid dienone is 2. The Morgan fingerprint density at radius 2 is 2.19 bits per heavy atom. The summed E-state index contributed by atoms with van der Waals surface area (Å²) in [6.07, 6.45) is 9.55. The Bertz CT molecular complexity index is 956. The number of halogens is 2. The Kier molecular flexibility index (Phi) is 5.63. The van der Waals surface area contributed by atoms with Crippen LogP contribution in [0.25, 0.3) is 0 Å². The number of rotatable bonds is 10. The molecule has 0 radical (unpaired) electrons. The van der Waals surface area contributed by atoms with Gasteiger partial charge >= 0.3 is 6.61 Å². The molecular formula is C23H29F2N5O2. The number of pyridine rings is 1. The summed E-state index contributed by atoms with van der Waals surface area (Å²) in [4.78, 5) is 6.38. The molecule has 7 nitrogen and oxygen atoms in total. The number of alkyl halides is 2. The fraction of sp³-hybridized carbons (Fsp3) is 0.565. The van der Waals surface area contributed by atoms with Crippen molar-refractivity contribution in [2.75, 3.05) is 32.5 Å². The second kappa shape index (κ2) is 8.44. The van der Waals surface area contributed by atoms with Crippen LogP contribution in [0, 0.1) is 23.2 Å². The van der Waals surface area contributed by atoms with Crippen molar-refractivity contribution in [3.05, 3.63) is 41.2 Å². The maximum absolute atomic E-state index is 12.6. The fourth-order valence-electron chi connectivity index (χ4n) is 4.80. The van der Waals surface area contributed by atoms with Gasteiger partial charge in [0.05, 0.1) is 11.8 Å². The van der Waals surface area contributed by atoms with E-state index >= 15 is 0 Å². The molecule has 2 saturated carbocycles. The zero-order valence-corrected chi connectivity index (χ0v) is 18.1. The van der Waals surface area contributed by atoms with Crippen molar-refractivity contribution >= 4 is 11.5 Å². The molecule has 4 aliphatic rings. The predicted octanol–water partition coefficient (Wildman–Crippen LogP) is 2.79. The average Bonchev–Trinajstić information content (AvgIpc) is 3.63. The summed E-state index contributed by atoms with van der Waals surface area (Å²) in [6, 6.07) is 1.84. The molecule has 1 aromatic heterocycles. The maximum Gasteiger partial charge on any atom is 0.387 e. The number of hydrogen-bond acceptors (Lipinski definition) is 7. The van der Waals surface area contributed by atoms with Gasteiger partial charge in [0.1, 0.15) is 0 Å². The number of nitrogens with zero attached hydrogens (tertiary/aromatic N) is 2. The molecule has 0 aromatic carbocycles. The summed E-state index contributed by atoms with van der Waals surface area (Å²) in [5, 5.41) is 12.1. The van der Waals surface area contributed by atoms with Crippen molar-refractivity contribution in [2.24, 2.45) is 17.8 Å². The number of aromatic nitrogens is 1. The molecule has 1 aliphatic heterocycles. The van der Waals surface area contributed by atoms with E-state index in [1.54, 1.807) is 7.11 Å². The highest BCUT2D eigenvalue weighted by molar-refractivity contribution is 6.07. The zero-order chi connectivity index (χ0) is 22.4. The number of anilines is 1. The van der Waals surface area contributed by atoms with Crippen LogP contribution in [0.3, 0.4) is 0 Å². The van der Waals surface area contributed by atoms with Crippen molar-refractivity contribution in [2.45, 2.75) is 38.0 Å². The van der Waals surface area contributed by atoms with Crippen LogP contribution in [0.1, 0.15) is 24.8 Å². The number of nitrogen functional groups attached to an aromatic ring is 1. The van der Waals surface area contributed by atoms with Crippen molar-refractivity contribution in [1.29, 1.82) is 5.41 Å². The number of nitrogens with one attached hydrogen (secondary N) is 2. The molecule has 3 fully saturated rings. The van der Waals surface area contributed by atoms with Crippen LogP contribution in [-0.2, 0) is 4.74 Å². The second-order valence-electron chi connectivity index (χ2n) is 9.19. The number of nitrogens with two attached hydrogens (primary N) is 1. The smallest absolute Gasteiger partial charge is 0.387 e. The van der Waals surface area contributed by atoms with Gasteiger partial charge < -0.3 is 25.9 Å². The minimum Gasteiger partial charge on any atom is -0.431 e. The van der Waals surface area contributed by atoms with Gasteiger partial charge in [-0.1, -0.05) is 11.6 Å². The molecular weight excluding hydrogens is 416 g/mol. The van der Waals surface area contributed by atoms with Gasteiger partial charge in [-0.15, -0.1) is 0 Å². The lowest BCUT2D eigenvalue weighted by Crippen LogP contribution is -2.55. The van der Waals surface area contributed by atoms with Crippen molar-refractivity contribution in [3.8, 4) is 5.75 Å². The zero-order valence-electron chi connectivity index (χ0n) is 18.1. The molecule has 32 heavy (non-hydrogen) atoms. The third kappa shape index (κ3) is 4.36. The Balaban J connectivity index is 1.30. The number of fused-ring (bicyclic) bond motifs is 1. The lowest BCUT2D eigenvalue weighted by atomic mass is 10.0. The minimum atomic E-state index is -2.99. The van der Waals surface area contributed by atoms with E-state index in [0.29, 0.717) is 35.5 Å². The largest absolute Gasteiger partial charge is 0.431 e. The van der Waals surface area contributed by atoms with Crippen LogP contribution in [0.2, 0.25) is 0 Å². The first kappa shape index (κ1) is 21.3. The Morgan fingerprint density at radius 1 is 1.41 bits per heavy atom. The molecule has 1 saturated heterocycles. The van der Waals surface area contributed by atoms with Gasteiger partial charge in [-0.3, -0.25) is 4.90 Å². The second-order valence-corrected chi connectivity index (χ2v) is 9.19. The highest BCUT2D eigenvalue weighted by Crippen LogP contribution is 2.57. The molecule has 0 unspecified atom stereocenters. The topological polar surface area (TPSA) is 96.5 Å². The first-order valence-corrected chi connectivity index (χ1v) is 11.2.